The molecule has 0 saturated carbocycles. The van der Waals surface area contributed by atoms with Crippen molar-refractivity contribution in [1.82, 2.24) is 0 Å². The molecule has 0 atom stereocenters. The minimum absolute atomic E-state index is 0.761. The van der Waals surface area contributed by atoms with Crippen LogP contribution >= 0.6 is 0 Å². The fourth-order valence-electron chi connectivity index (χ4n) is 14.2. The topological polar surface area (TPSA) is 0 Å². The standard InChI is InChI=1S/C88H64/c1-59-46-60(2)86(61(3)47-59)83-42-23-43-84-87(83)82-45-44-73(62-24-9-4-10-25-62)58-85(82)88(84,80-40-21-38-71(56-80)67-34-19-36-69(48-67)78-52-74(63-26-11-5-12-27-63)50-75(53-78)64-28-13-6-14-29-64)81-41-22-39-72(57-81)68-35-20-37-70(49-68)79-54-76(65-30-15-7-16-31-65)51-77(55-79)66-32-17-8-18-33-66/h4-58H,1-3H3. The number of aryl methyl sites for hydroxylation is 3. The third-order valence-electron chi connectivity index (χ3n) is 18.2. The van der Waals surface area contributed by atoms with Gasteiger partial charge in [-0.15, -0.1) is 0 Å². The van der Waals surface area contributed by atoms with Crippen molar-refractivity contribution in [3.05, 3.63) is 373 Å². The van der Waals surface area contributed by atoms with Crippen molar-refractivity contribution in [2.75, 3.05) is 0 Å². The highest BCUT2D eigenvalue weighted by Crippen LogP contribution is 2.60. The quantitative estimate of drug-likeness (QED) is 0.114. The molecule has 0 unspecified atom stereocenters. The second kappa shape index (κ2) is 22.8. The summed E-state index contributed by atoms with van der Waals surface area (Å²) in [7, 11) is 0. The highest BCUT2D eigenvalue weighted by molar-refractivity contribution is 5.98. The molecule has 0 amide bonds. The lowest BCUT2D eigenvalue weighted by molar-refractivity contribution is 0.769. The second-order valence-electron chi connectivity index (χ2n) is 23.8. The van der Waals surface area contributed by atoms with Crippen LogP contribution in [0.25, 0.3) is 122 Å². The molecule has 15 rings (SSSR count). The SMILES string of the molecule is Cc1cc(C)c(-c2cccc3c2-c2ccc(-c4ccccc4)cc2C3(c2cccc(-c3cccc(-c4cc(-c5ccccc5)cc(-c5ccccc5)c4)c3)c2)c2cccc(-c3cccc(-c4cc(-c5ccccc5)cc(-c5ccccc5)c4)c3)c2)c(C)c1. The molecular weight excluding hydrogens is 1060 g/mol. The van der Waals surface area contributed by atoms with E-state index in [-0.39, 0.29) is 0 Å². The van der Waals surface area contributed by atoms with Gasteiger partial charge in [0.1, 0.15) is 0 Å². The predicted octanol–water partition coefficient (Wildman–Crippen LogP) is 23.6. The number of hydrogen-bond donors (Lipinski definition) is 0. The fraction of sp³-hybridized carbons (Fsp3) is 0.0455. The van der Waals surface area contributed by atoms with E-state index >= 15 is 0 Å². The van der Waals surface area contributed by atoms with Crippen LogP contribution in [0.2, 0.25) is 0 Å². The van der Waals surface area contributed by atoms with Gasteiger partial charge in [-0.2, -0.15) is 0 Å². The lowest BCUT2D eigenvalue weighted by Crippen LogP contribution is -2.29. The molecule has 1 aliphatic carbocycles. The van der Waals surface area contributed by atoms with Gasteiger partial charge in [-0.05, 0) is 243 Å². The van der Waals surface area contributed by atoms with Crippen LogP contribution in [-0.2, 0) is 5.41 Å². The van der Waals surface area contributed by atoms with Crippen LogP contribution in [-0.4, -0.2) is 0 Å². The Hall–Kier alpha value is -10.9. The van der Waals surface area contributed by atoms with Crippen molar-refractivity contribution >= 4 is 0 Å². The van der Waals surface area contributed by atoms with Crippen LogP contribution in [0.5, 0.6) is 0 Å². The normalized spacial score (nSPS) is 12.1. The van der Waals surface area contributed by atoms with Gasteiger partial charge in [0, 0.05) is 0 Å². The minimum Gasteiger partial charge on any atom is -0.0622 e. The molecular formula is C88H64. The summed E-state index contributed by atoms with van der Waals surface area (Å²) in [5.41, 5.74) is 34.4. The zero-order valence-electron chi connectivity index (χ0n) is 49.8. The van der Waals surface area contributed by atoms with Gasteiger partial charge in [0.25, 0.3) is 0 Å². The Kier molecular flexibility index (Phi) is 13.9. The highest BCUT2D eigenvalue weighted by atomic mass is 14.5. The summed E-state index contributed by atoms with van der Waals surface area (Å²) in [5.74, 6) is 0. The molecule has 0 aliphatic heterocycles. The highest BCUT2D eigenvalue weighted by Gasteiger charge is 2.47. The first kappa shape index (κ1) is 53.8. The lowest BCUT2D eigenvalue weighted by atomic mass is 9.66. The zero-order valence-corrected chi connectivity index (χ0v) is 49.8. The van der Waals surface area contributed by atoms with Gasteiger partial charge in [-0.1, -0.05) is 272 Å². The minimum atomic E-state index is -0.761. The molecule has 416 valence electrons. The van der Waals surface area contributed by atoms with E-state index in [4.69, 9.17) is 0 Å². The molecule has 0 fully saturated rings. The summed E-state index contributed by atoms with van der Waals surface area (Å²) >= 11 is 0. The first-order valence-corrected chi connectivity index (χ1v) is 30.7. The van der Waals surface area contributed by atoms with Crippen molar-refractivity contribution in [1.29, 1.82) is 0 Å². The zero-order chi connectivity index (χ0) is 59.1. The number of rotatable bonds is 12. The first-order valence-electron chi connectivity index (χ1n) is 30.7. The van der Waals surface area contributed by atoms with Crippen molar-refractivity contribution in [3.63, 3.8) is 0 Å². The van der Waals surface area contributed by atoms with E-state index in [2.05, 4.69) is 354 Å². The summed E-state index contributed by atoms with van der Waals surface area (Å²) in [6.45, 7) is 6.78. The van der Waals surface area contributed by atoms with Crippen molar-refractivity contribution in [2.24, 2.45) is 0 Å². The summed E-state index contributed by atoms with van der Waals surface area (Å²) in [4.78, 5) is 0. The third-order valence-corrected chi connectivity index (χ3v) is 18.2. The Morgan fingerprint density at radius 2 is 0.477 bits per heavy atom. The Balaban J connectivity index is 0.944. The predicted molar refractivity (Wildman–Crippen MR) is 372 cm³/mol. The van der Waals surface area contributed by atoms with Crippen LogP contribution in [0.15, 0.2) is 334 Å². The van der Waals surface area contributed by atoms with Gasteiger partial charge in [0.2, 0.25) is 0 Å². The van der Waals surface area contributed by atoms with Gasteiger partial charge in [-0.25, -0.2) is 0 Å². The maximum atomic E-state index is 2.51. The molecule has 0 N–H and O–H groups in total. The van der Waals surface area contributed by atoms with Crippen LogP contribution in [0.3, 0.4) is 0 Å². The molecule has 1 aliphatic rings. The Labute approximate surface area is 518 Å². The number of benzene rings is 14. The molecule has 0 bridgehead atoms. The maximum absolute atomic E-state index is 2.51. The molecule has 0 heterocycles. The molecule has 14 aromatic rings. The van der Waals surface area contributed by atoms with E-state index in [1.54, 1.807) is 0 Å². The van der Waals surface area contributed by atoms with Crippen molar-refractivity contribution in [3.8, 4) is 122 Å². The van der Waals surface area contributed by atoms with Gasteiger partial charge in [-0.3, -0.25) is 0 Å². The van der Waals surface area contributed by atoms with Crippen LogP contribution in [0.1, 0.15) is 38.9 Å². The lowest BCUT2D eigenvalue weighted by Gasteiger charge is -2.35. The third kappa shape index (κ3) is 9.89. The maximum Gasteiger partial charge on any atom is 0.0714 e. The molecule has 0 radical (unpaired) electrons. The Morgan fingerprint density at radius 3 is 0.875 bits per heavy atom. The van der Waals surface area contributed by atoms with Crippen LogP contribution in [0.4, 0.5) is 0 Å². The molecule has 88 heavy (non-hydrogen) atoms. The second-order valence-corrected chi connectivity index (χ2v) is 23.8. The Morgan fingerprint density at radius 1 is 0.182 bits per heavy atom. The monoisotopic (exact) mass is 1120 g/mol. The molecule has 0 nitrogen and oxygen atoms in total. The smallest absolute Gasteiger partial charge is 0.0622 e. The molecule has 0 aromatic heterocycles. The largest absolute Gasteiger partial charge is 0.0714 e. The average Bonchev–Trinajstić information content (AvgIpc) is 1.79. The molecule has 0 spiro atoms. The summed E-state index contributed by atoms with van der Waals surface area (Å²) in [5, 5.41) is 0. The van der Waals surface area contributed by atoms with Gasteiger partial charge in [0.05, 0.1) is 5.41 Å². The van der Waals surface area contributed by atoms with Gasteiger partial charge in [0.15, 0.2) is 0 Å². The van der Waals surface area contributed by atoms with Crippen molar-refractivity contribution < 1.29 is 0 Å². The summed E-state index contributed by atoms with van der Waals surface area (Å²) < 4.78 is 0. The van der Waals surface area contributed by atoms with E-state index in [0.29, 0.717) is 0 Å². The average molecular weight is 1120 g/mol. The fourth-order valence-corrected chi connectivity index (χ4v) is 14.2. The van der Waals surface area contributed by atoms with E-state index in [1.165, 1.54) is 139 Å². The van der Waals surface area contributed by atoms with Gasteiger partial charge < -0.3 is 0 Å². The van der Waals surface area contributed by atoms with E-state index in [9.17, 15) is 0 Å². The van der Waals surface area contributed by atoms with Crippen molar-refractivity contribution in [2.45, 2.75) is 26.2 Å². The van der Waals surface area contributed by atoms with E-state index in [1.807, 2.05) is 0 Å². The number of fused-ring (bicyclic) bond motifs is 3. The molecule has 0 heteroatoms. The summed E-state index contributed by atoms with van der Waals surface area (Å²) in [6, 6.07) is 124. The molecule has 0 saturated heterocycles. The molecule has 14 aromatic carbocycles. The Bertz CT molecular complexity index is 4550. The van der Waals surface area contributed by atoms with Crippen LogP contribution < -0.4 is 0 Å². The van der Waals surface area contributed by atoms with E-state index < -0.39 is 5.41 Å². The first-order chi connectivity index (χ1) is 43.3. The van der Waals surface area contributed by atoms with Gasteiger partial charge >= 0.3 is 0 Å². The van der Waals surface area contributed by atoms with E-state index in [0.717, 1.165) is 22.3 Å². The van der Waals surface area contributed by atoms with Crippen LogP contribution in [0, 0.1) is 20.8 Å². The summed E-state index contributed by atoms with van der Waals surface area (Å²) in [6.07, 6.45) is 0. The number of hydrogen-bond acceptors (Lipinski definition) is 0.